The van der Waals surface area contributed by atoms with Crippen LogP contribution in [0.2, 0.25) is 0 Å². The Kier molecular flexibility index (Phi) is 8.85. The van der Waals surface area contributed by atoms with Gasteiger partial charge in [-0.15, -0.1) is 10.2 Å². The lowest BCUT2D eigenvalue weighted by Crippen LogP contribution is -2.21. The highest BCUT2D eigenvalue weighted by atomic mass is 32.2. The van der Waals surface area contributed by atoms with Crippen molar-refractivity contribution in [3.63, 3.8) is 0 Å². The molecule has 0 radical (unpaired) electrons. The third-order valence-electron chi connectivity index (χ3n) is 5.37. The van der Waals surface area contributed by atoms with Gasteiger partial charge < -0.3 is 14.5 Å². The second kappa shape index (κ2) is 11.6. The second-order valence-corrected chi connectivity index (χ2v) is 11.2. The topological polar surface area (TPSA) is 111 Å². The fraction of sp³-hybridized carbons (Fsp3) is 0.400. The molecule has 0 saturated heterocycles. The third-order valence-corrected chi connectivity index (χ3v) is 7.37. The number of esters is 1. The van der Waals surface area contributed by atoms with E-state index >= 15 is 0 Å². The number of hydrogen-bond donors (Lipinski definition) is 1. The lowest BCUT2D eigenvalue weighted by molar-refractivity contribution is -0.120. The van der Waals surface area contributed by atoms with Crippen molar-refractivity contribution < 1.29 is 18.7 Å². The number of hydrogen-bond acceptors (Lipinski definition) is 9. The molecule has 0 unspecified atom stereocenters. The molecule has 0 aliphatic rings. The molecule has 0 aliphatic heterocycles. The highest BCUT2D eigenvalue weighted by molar-refractivity contribution is 8.00. The number of rotatable bonds is 9. The van der Waals surface area contributed by atoms with Gasteiger partial charge in [-0.05, 0) is 36.0 Å². The van der Waals surface area contributed by atoms with Crippen LogP contribution in [0.25, 0.3) is 0 Å². The molecule has 0 atom stereocenters. The minimum atomic E-state index is -0.628. The van der Waals surface area contributed by atoms with Crippen LogP contribution >= 0.6 is 23.1 Å². The van der Waals surface area contributed by atoms with Crippen molar-refractivity contribution in [2.24, 2.45) is 5.92 Å². The van der Waals surface area contributed by atoms with Crippen LogP contribution in [0.5, 0.6) is 5.75 Å². The predicted molar refractivity (Wildman–Crippen MR) is 137 cm³/mol. The van der Waals surface area contributed by atoms with Gasteiger partial charge in [0.2, 0.25) is 22.2 Å². The summed E-state index contributed by atoms with van der Waals surface area (Å²) in [6.07, 6.45) is 2.66. The number of carbonyl (C=O) groups excluding carboxylic acids is 2. The van der Waals surface area contributed by atoms with Crippen LogP contribution < -0.4 is 15.5 Å². The van der Waals surface area contributed by atoms with Crippen LogP contribution in [0.4, 0.5) is 5.13 Å². The Morgan fingerprint density at radius 2 is 1.83 bits per heavy atom. The Morgan fingerprint density at radius 3 is 2.43 bits per heavy atom. The average molecular weight is 516 g/mol. The summed E-state index contributed by atoms with van der Waals surface area (Å²) >= 11 is 2.58. The molecule has 10 heteroatoms. The van der Waals surface area contributed by atoms with E-state index in [9.17, 15) is 14.4 Å². The van der Waals surface area contributed by atoms with E-state index in [0.29, 0.717) is 26.5 Å². The Bertz CT molecular complexity index is 1220. The van der Waals surface area contributed by atoms with Crippen LogP contribution in [0.15, 0.2) is 50.1 Å². The van der Waals surface area contributed by atoms with Crippen molar-refractivity contribution >= 4 is 40.1 Å². The molecule has 3 rings (SSSR count). The molecule has 0 saturated carbocycles. The first kappa shape index (κ1) is 26.6. The first-order valence-electron chi connectivity index (χ1n) is 11.3. The number of carbonyl (C=O) groups is 2. The van der Waals surface area contributed by atoms with E-state index in [1.165, 1.54) is 29.2 Å². The van der Waals surface area contributed by atoms with Crippen molar-refractivity contribution in [2.45, 2.75) is 63.0 Å². The van der Waals surface area contributed by atoms with Gasteiger partial charge in [-0.3, -0.25) is 9.59 Å². The summed E-state index contributed by atoms with van der Waals surface area (Å²) in [5, 5.41) is 11.3. The molecular weight excluding hydrogens is 486 g/mol. The number of anilines is 1. The fourth-order valence-corrected chi connectivity index (χ4v) is 4.82. The zero-order chi connectivity index (χ0) is 25.6. The average Bonchev–Trinajstić information content (AvgIpc) is 3.26. The molecule has 2 heterocycles. The quantitative estimate of drug-likeness (QED) is 0.220. The molecule has 8 nitrogen and oxygen atoms in total. The Morgan fingerprint density at radius 1 is 1.14 bits per heavy atom. The zero-order valence-corrected chi connectivity index (χ0v) is 22.0. The third kappa shape index (κ3) is 7.25. The monoisotopic (exact) mass is 515 g/mol. The summed E-state index contributed by atoms with van der Waals surface area (Å²) in [6, 6.07) is 8.39. The minimum Gasteiger partial charge on any atom is -0.464 e. The maximum absolute atomic E-state index is 12.4. The van der Waals surface area contributed by atoms with Gasteiger partial charge >= 0.3 is 5.97 Å². The second-order valence-electron chi connectivity index (χ2n) is 8.96. The summed E-state index contributed by atoms with van der Waals surface area (Å²) in [6.45, 7) is 10.2. The van der Waals surface area contributed by atoms with E-state index < -0.39 is 11.4 Å². The molecule has 0 aliphatic carbocycles. The molecular formula is C25H29N3O5S2. The number of thioether (sulfide) groups is 1. The lowest BCUT2D eigenvalue weighted by atomic mass is 9.87. The van der Waals surface area contributed by atoms with Crippen LogP contribution in [-0.4, -0.2) is 22.1 Å². The van der Waals surface area contributed by atoms with E-state index in [2.05, 4.69) is 36.3 Å². The number of amides is 1. The molecule has 2 aromatic heterocycles. The van der Waals surface area contributed by atoms with Crippen molar-refractivity contribution in [1.29, 1.82) is 0 Å². The Labute approximate surface area is 212 Å². The summed E-state index contributed by atoms with van der Waals surface area (Å²) in [5.74, 6) is -0.203. The van der Waals surface area contributed by atoms with Crippen molar-refractivity contribution in [3.05, 3.63) is 63.7 Å². The number of nitrogens with zero attached hydrogens (tertiary/aromatic N) is 2. The highest BCUT2D eigenvalue weighted by Gasteiger charge is 2.18. The van der Waals surface area contributed by atoms with E-state index in [-0.39, 0.29) is 23.0 Å². The van der Waals surface area contributed by atoms with Gasteiger partial charge in [0.05, 0.1) is 11.3 Å². The van der Waals surface area contributed by atoms with Crippen LogP contribution in [0.1, 0.15) is 69.1 Å². The molecule has 186 valence electrons. The van der Waals surface area contributed by atoms with Gasteiger partial charge in [-0.1, -0.05) is 69.9 Å². The van der Waals surface area contributed by atoms with Gasteiger partial charge in [-0.2, -0.15) is 0 Å². The summed E-state index contributed by atoms with van der Waals surface area (Å²) < 4.78 is 11.3. The first-order valence-corrected chi connectivity index (χ1v) is 13.1. The lowest BCUT2D eigenvalue weighted by Gasteiger charge is -2.18. The van der Waals surface area contributed by atoms with Gasteiger partial charge in [0, 0.05) is 12.0 Å². The van der Waals surface area contributed by atoms with Gasteiger partial charge in [0.15, 0.2) is 4.34 Å². The molecule has 35 heavy (non-hydrogen) atoms. The Balaban J connectivity index is 1.57. The van der Waals surface area contributed by atoms with Crippen LogP contribution in [0.3, 0.4) is 0 Å². The number of aromatic nitrogens is 2. The number of nitrogens with one attached hydrogen (secondary N) is 1. The zero-order valence-electron chi connectivity index (χ0n) is 20.4. The maximum atomic E-state index is 12.4. The molecule has 0 bridgehead atoms. The maximum Gasteiger partial charge on any atom is 0.343 e. The normalized spacial score (nSPS) is 11.5. The van der Waals surface area contributed by atoms with Crippen molar-refractivity contribution in [3.8, 4) is 5.75 Å². The van der Waals surface area contributed by atoms with Gasteiger partial charge in [0.25, 0.3) is 0 Å². The van der Waals surface area contributed by atoms with E-state index in [4.69, 9.17) is 9.15 Å². The Hall–Kier alpha value is -2.98. The van der Waals surface area contributed by atoms with Gasteiger partial charge in [0.1, 0.15) is 12.0 Å². The van der Waals surface area contributed by atoms with Crippen molar-refractivity contribution in [1.82, 2.24) is 10.2 Å². The number of ether oxygens (including phenoxy) is 1. The smallest absolute Gasteiger partial charge is 0.343 e. The molecule has 0 fully saturated rings. The SMILES string of the molecule is CCC(CC)C(=O)Nc1nnc(SCc2cc(=O)c(OC(=O)c3ccc(C(C)(C)C)cc3)co2)s1. The van der Waals surface area contributed by atoms with Crippen molar-refractivity contribution in [2.75, 3.05) is 5.32 Å². The van der Waals surface area contributed by atoms with E-state index in [1.807, 2.05) is 26.0 Å². The van der Waals surface area contributed by atoms with E-state index in [0.717, 1.165) is 24.7 Å². The summed E-state index contributed by atoms with van der Waals surface area (Å²) in [5.41, 5.74) is 0.947. The predicted octanol–water partition coefficient (Wildman–Crippen LogP) is 5.68. The first-order chi connectivity index (χ1) is 16.6. The molecule has 0 spiro atoms. The van der Waals surface area contributed by atoms with E-state index in [1.54, 1.807) is 12.1 Å². The standard InChI is InChI=1S/C25H29N3O5S2/c1-6-15(7-2)21(30)26-23-27-28-24(35-23)34-14-18-12-19(29)20(13-32-18)33-22(31)16-8-10-17(11-9-16)25(3,4)5/h8-13,15H,6-7,14H2,1-5H3,(H,26,27,30). The fourth-order valence-electron chi connectivity index (χ4n) is 3.17. The summed E-state index contributed by atoms with van der Waals surface area (Å²) in [4.78, 5) is 37.1. The minimum absolute atomic E-state index is 0.0330. The van der Waals surface area contributed by atoms with Crippen LogP contribution in [0, 0.1) is 5.92 Å². The largest absolute Gasteiger partial charge is 0.464 e. The molecule has 1 aromatic carbocycles. The molecule has 3 aromatic rings. The molecule has 1 N–H and O–H groups in total. The summed E-state index contributed by atoms with van der Waals surface area (Å²) in [7, 11) is 0. The highest BCUT2D eigenvalue weighted by Crippen LogP contribution is 2.29. The molecule has 1 amide bonds. The number of benzene rings is 1. The van der Waals surface area contributed by atoms with Crippen LogP contribution in [-0.2, 0) is 16.0 Å². The van der Waals surface area contributed by atoms with Gasteiger partial charge in [-0.25, -0.2) is 4.79 Å².